The number of nitrogens with zero attached hydrogens (tertiary/aromatic N) is 5. The van der Waals surface area contributed by atoms with Crippen molar-refractivity contribution in [3.05, 3.63) is 71.5 Å². The number of rotatable bonds is 3. The first-order valence-electron chi connectivity index (χ1n) is 6.94. The van der Waals surface area contributed by atoms with Gasteiger partial charge in [0, 0.05) is 11.8 Å². The van der Waals surface area contributed by atoms with Gasteiger partial charge in [0.15, 0.2) is 11.6 Å². The van der Waals surface area contributed by atoms with E-state index in [0.29, 0.717) is 16.9 Å². The molecule has 0 saturated carbocycles. The second kappa shape index (κ2) is 6.42. The number of nitriles is 2. The average molecular weight is 314 g/mol. The number of nitrogens with one attached hydrogen (secondary N) is 1. The van der Waals surface area contributed by atoms with Gasteiger partial charge in [-0.2, -0.15) is 20.3 Å². The third-order valence-corrected chi connectivity index (χ3v) is 3.24. The number of carbonyl (C=O) groups excluding carboxylic acids is 1. The highest BCUT2D eigenvalue weighted by atomic mass is 16.1. The molecule has 0 aliphatic carbocycles. The quantitative estimate of drug-likeness (QED) is 0.797. The van der Waals surface area contributed by atoms with E-state index in [1.165, 1.54) is 16.9 Å². The van der Waals surface area contributed by atoms with Gasteiger partial charge in [0.1, 0.15) is 11.6 Å². The van der Waals surface area contributed by atoms with Crippen LogP contribution >= 0.6 is 0 Å². The maximum absolute atomic E-state index is 12.4. The molecule has 0 radical (unpaired) electrons. The van der Waals surface area contributed by atoms with Crippen molar-refractivity contribution in [1.29, 1.82) is 10.5 Å². The summed E-state index contributed by atoms with van der Waals surface area (Å²) in [6.07, 6.45) is 2.95. The highest BCUT2D eigenvalue weighted by molar-refractivity contribution is 6.04. The van der Waals surface area contributed by atoms with Gasteiger partial charge in [-0.3, -0.25) is 4.79 Å². The molecule has 0 bridgehead atoms. The monoisotopic (exact) mass is 314 g/mol. The average Bonchev–Trinajstić information content (AvgIpc) is 3.05. The summed E-state index contributed by atoms with van der Waals surface area (Å²) in [5, 5.41) is 24.9. The van der Waals surface area contributed by atoms with Crippen molar-refractivity contribution in [1.82, 2.24) is 14.8 Å². The van der Waals surface area contributed by atoms with E-state index in [9.17, 15) is 10.1 Å². The molecule has 0 fully saturated rings. The van der Waals surface area contributed by atoms with Gasteiger partial charge >= 0.3 is 0 Å². The van der Waals surface area contributed by atoms with Crippen LogP contribution in [0.4, 0.5) is 5.82 Å². The first-order valence-corrected chi connectivity index (χ1v) is 6.94. The Balaban J connectivity index is 1.98. The van der Waals surface area contributed by atoms with Crippen LogP contribution in [0.3, 0.4) is 0 Å². The predicted octanol–water partition coefficient (Wildman–Crippen LogP) is 2.26. The van der Waals surface area contributed by atoms with Crippen LogP contribution in [0.5, 0.6) is 0 Å². The normalized spacial score (nSPS) is 9.75. The summed E-state index contributed by atoms with van der Waals surface area (Å²) in [4.78, 5) is 16.6. The molecular weight excluding hydrogens is 304 g/mol. The Hall–Kier alpha value is -3.97. The van der Waals surface area contributed by atoms with Crippen molar-refractivity contribution in [2.75, 3.05) is 5.32 Å². The second-order valence-corrected chi connectivity index (χ2v) is 4.77. The summed E-state index contributed by atoms with van der Waals surface area (Å²) >= 11 is 0. The number of carbonyl (C=O) groups is 1. The van der Waals surface area contributed by atoms with Crippen LogP contribution in [0.25, 0.3) is 5.82 Å². The molecule has 0 unspecified atom stereocenters. The first-order chi connectivity index (χ1) is 11.7. The fraction of sp³-hybridized carbons (Fsp3) is 0. The van der Waals surface area contributed by atoms with Crippen molar-refractivity contribution in [2.45, 2.75) is 0 Å². The zero-order chi connectivity index (χ0) is 16.9. The molecule has 0 spiro atoms. The Kier molecular flexibility index (Phi) is 4.00. The lowest BCUT2D eigenvalue weighted by Crippen LogP contribution is -2.16. The number of pyridine rings is 1. The fourth-order valence-electron chi connectivity index (χ4n) is 2.11. The van der Waals surface area contributed by atoms with Crippen molar-refractivity contribution < 1.29 is 4.79 Å². The van der Waals surface area contributed by atoms with Crippen molar-refractivity contribution >= 4 is 11.7 Å². The Bertz CT molecular complexity index is 978. The van der Waals surface area contributed by atoms with E-state index in [0.717, 1.165) is 0 Å². The maximum Gasteiger partial charge on any atom is 0.256 e. The lowest BCUT2D eigenvalue weighted by atomic mass is 10.1. The Morgan fingerprint density at radius 2 is 2.00 bits per heavy atom. The predicted molar refractivity (Wildman–Crippen MR) is 85.2 cm³/mol. The lowest BCUT2D eigenvalue weighted by Gasteiger charge is -2.09. The zero-order valence-corrected chi connectivity index (χ0v) is 12.3. The Morgan fingerprint density at radius 1 is 1.12 bits per heavy atom. The number of benzene rings is 1. The largest absolute Gasteiger partial charge is 0.305 e. The Morgan fingerprint density at radius 3 is 2.71 bits per heavy atom. The minimum absolute atomic E-state index is 0.213. The van der Waals surface area contributed by atoms with E-state index in [-0.39, 0.29) is 11.4 Å². The summed E-state index contributed by atoms with van der Waals surface area (Å²) in [6.45, 7) is 0. The van der Waals surface area contributed by atoms with Crippen molar-refractivity contribution in [3.63, 3.8) is 0 Å². The molecule has 3 aromatic rings. The number of amides is 1. The molecule has 24 heavy (non-hydrogen) atoms. The van der Waals surface area contributed by atoms with Crippen LogP contribution in [0, 0.1) is 22.7 Å². The van der Waals surface area contributed by atoms with Gasteiger partial charge in [-0.05, 0) is 30.3 Å². The van der Waals surface area contributed by atoms with Crippen LogP contribution in [0.2, 0.25) is 0 Å². The molecule has 3 rings (SSSR count). The van der Waals surface area contributed by atoms with Gasteiger partial charge in [0.05, 0.1) is 17.8 Å². The second-order valence-electron chi connectivity index (χ2n) is 4.77. The van der Waals surface area contributed by atoms with E-state index >= 15 is 0 Å². The third kappa shape index (κ3) is 2.82. The first kappa shape index (κ1) is 14.9. The van der Waals surface area contributed by atoms with Crippen LogP contribution in [-0.2, 0) is 0 Å². The molecule has 0 saturated heterocycles. The van der Waals surface area contributed by atoms with E-state index in [4.69, 9.17) is 5.26 Å². The number of anilines is 1. The van der Waals surface area contributed by atoms with E-state index in [1.54, 1.807) is 42.6 Å². The third-order valence-electron chi connectivity index (χ3n) is 3.24. The number of hydrogen-bond donors (Lipinski definition) is 1. The molecule has 0 atom stereocenters. The molecule has 1 amide bonds. The molecule has 1 N–H and O–H groups in total. The summed E-state index contributed by atoms with van der Waals surface area (Å²) in [5.74, 6) is 0.255. The molecular formula is C17H10N6O. The topological polar surface area (TPSA) is 107 Å². The summed E-state index contributed by atoms with van der Waals surface area (Å²) in [6, 6.07) is 15.5. The molecule has 2 heterocycles. The smallest absolute Gasteiger partial charge is 0.256 e. The molecule has 114 valence electrons. The van der Waals surface area contributed by atoms with Gasteiger partial charge < -0.3 is 5.32 Å². The van der Waals surface area contributed by atoms with Crippen LogP contribution in [-0.4, -0.2) is 20.7 Å². The number of hydrogen-bond acceptors (Lipinski definition) is 5. The van der Waals surface area contributed by atoms with Crippen molar-refractivity contribution in [2.24, 2.45) is 0 Å². The lowest BCUT2D eigenvalue weighted by molar-refractivity contribution is 0.102. The van der Waals surface area contributed by atoms with E-state index < -0.39 is 5.91 Å². The Labute approximate surface area is 137 Å². The van der Waals surface area contributed by atoms with Gasteiger partial charge in [0.25, 0.3) is 5.91 Å². The van der Waals surface area contributed by atoms with Gasteiger partial charge in [-0.25, -0.2) is 4.98 Å². The maximum atomic E-state index is 12.4. The van der Waals surface area contributed by atoms with Gasteiger partial charge in [0.2, 0.25) is 0 Å². The molecule has 7 nitrogen and oxygen atoms in total. The standard InChI is InChI=1S/C17H10N6O/c18-9-12-4-3-5-13(8-12)17(24)22-16-14(10-19)11-21-23(16)15-6-1-2-7-20-15/h1-8,11H,(H,22,24). The minimum atomic E-state index is -0.443. The van der Waals surface area contributed by atoms with Crippen LogP contribution in [0.1, 0.15) is 21.5 Å². The zero-order valence-electron chi connectivity index (χ0n) is 12.3. The van der Waals surface area contributed by atoms with Gasteiger partial charge in [-0.1, -0.05) is 12.1 Å². The highest BCUT2D eigenvalue weighted by Gasteiger charge is 2.16. The highest BCUT2D eigenvalue weighted by Crippen LogP contribution is 2.19. The molecule has 7 heteroatoms. The summed E-state index contributed by atoms with van der Waals surface area (Å²) in [5.41, 5.74) is 0.901. The van der Waals surface area contributed by atoms with Crippen LogP contribution in [0.15, 0.2) is 54.9 Å². The molecule has 1 aromatic carbocycles. The van der Waals surface area contributed by atoms with E-state index in [2.05, 4.69) is 15.4 Å². The summed E-state index contributed by atoms with van der Waals surface area (Å²) in [7, 11) is 0. The molecule has 2 aromatic heterocycles. The number of aromatic nitrogens is 3. The fourth-order valence-corrected chi connectivity index (χ4v) is 2.11. The van der Waals surface area contributed by atoms with E-state index in [1.807, 2.05) is 12.1 Å². The van der Waals surface area contributed by atoms with Crippen molar-refractivity contribution in [3.8, 4) is 18.0 Å². The van der Waals surface area contributed by atoms with Crippen LogP contribution < -0.4 is 5.32 Å². The minimum Gasteiger partial charge on any atom is -0.305 e. The summed E-state index contributed by atoms with van der Waals surface area (Å²) < 4.78 is 1.38. The SMILES string of the molecule is N#Cc1cccc(C(=O)Nc2c(C#N)cnn2-c2ccccn2)c1. The molecule has 0 aliphatic heterocycles. The van der Waals surface area contributed by atoms with Gasteiger partial charge in [-0.15, -0.1) is 0 Å². The molecule has 0 aliphatic rings.